The van der Waals surface area contributed by atoms with Crippen molar-refractivity contribution in [1.29, 1.82) is 0 Å². The molecule has 2 fully saturated rings. The summed E-state index contributed by atoms with van der Waals surface area (Å²) in [4.78, 5) is 0. The average Bonchev–Trinajstić information content (AvgIpc) is 2.38. The van der Waals surface area contributed by atoms with Crippen LogP contribution in [0.5, 0.6) is 0 Å². The van der Waals surface area contributed by atoms with E-state index in [0.717, 1.165) is 12.8 Å². The third kappa shape index (κ3) is 3.51. The molecule has 0 radical (unpaired) electrons. The van der Waals surface area contributed by atoms with Gasteiger partial charge in [-0.2, -0.15) is 17.0 Å². The van der Waals surface area contributed by atoms with Crippen LogP contribution < -0.4 is 5.14 Å². The summed E-state index contributed by atoms with van der Waals surface area (Å²) >= 11 is 0. The van der Waals surface area contributed by atoms with E-state index < -0.39 is 25.5 Å². The highest BCUT2D eigenvalue weighted by molar-refractivity contribution is 7.90. The van der Waals surface area contributed by atoms with Crippen LogP contribution in [0.25, 0.3) is 0 Å². The third-order valence-electron chi connectivity index (χ3n) is 4.08. The predicted molar refractivity (Wildman–Crippen MR) is 76.6 cm³/mol. The predicted octanol–water partition coefficient (Wildman–Crippen LogP) is -0.284. The van der Waals surface area contributed by atoms with Gasteiger partial charge in [0.15, 0.2) is 0 Å². The van der Waals surface area contributed by atoms with Crippen LogP contribution in [0, 0.1) is 5.92 Å². The van der Waals surface area contributed by atoms with Crippen LogP contribution in [0.15, 0.2) is 0 Å². The Hall–Kier alpha value is -0.220. The molecule has 118 valence electrons. The van der Waals surface area contributed by atoms with Crippen molar-refractivity contribution in [3.05, 3.63) is 0 Å². The zero-order chi connectivity index (χ0) is 15.0. The van der Waals surface area contributed by atoms with Gasteiger partial charge in [0.05, 0.1) is 5.25 Å². The van der Waals surface area contributed by atoms with E-state index in [0.29, 0.717) is 38.4 Å². The summed E-state index contributed by atoms with van der Waals surface area (Å²) in [6.45, 7) is 3.42. The molecule has 2 unspecified atom stereocenters. The molecule has 2 heterocycles. The number of hydrogen-bond acceptors (Lipinski definition) is 4. The molecule has 0 spiro atoms. The van der Waals surface area contributed by atoms with E-state index in [1.165, 1.54) is 8.61 Å². The minimum absolute atomic E-state index is 0.0218. The quantitative estimate of drug-likeness (QED) is 0.771. The van der Waals surface area contributed by atoms with Gasteiger partial charge in [-0.25, -0.2) is 13.6 Å². The Morgan fingerprint density at radius 3 is 2.05 bits per heavy atom. The van der Waals surface area contributed by atoms with E-state index in [9.17, 15) is 16.8 Å². The first kappa shape index (κ1) is 16.2. The Kier molecular flexibility index (Phi) is 4.75. The summed E-state index contributed by atoms with van der Waals surface area (Å²) in [6.07, 6.45) is 2.85. The zero-order valence-corrected chi connectivity index (χ0v) is 13.4. The van der Waals surface area contributed by atoms with Crippen LogP contribution in [0.1, 0.15) is 32.6 Å². The summed E-state index contributed by atoms with van der Waals surface area (Å²) in [5, 5.41) is 4.37. The Labute approximate surface area is 121 Å². The lowest BCUT2D eigenvalue weighted by atomic mass is 10.0. The van der Waals surface area contributed by atoms with Crippen molar-refractivity contribution >= 4 is 20.2 Å². The summed E-state index contributed by atoms with van der Waals surface area (Å²) in [6, 6.07) is 0. The first-order valence-electron chi connectivity index (χ1n) is 6.98. The molecule has 2 aliphatic heterocycles. The molecule has 0 saturated carbocycles. The van der Waals surface area contributed by atoms with Crippen molar-refractivity contribution < 1.29 is 16.8 Å². The normalized spacial score (nSPS) is 31.3. The Balaban J connectivity index is 2.13. The highest BCUT2D eigenvalue weighted by Gasteiger charge is 2.38. The maximum absolute atomic E-state index is 12.6. The topological polar surface area (TPSA) is 101 Å². The standard InChI is InChI=1S/C11H23N3O4S2/c1-10-4-2-6-13(8-10)20(17,18)14-7-3-5-11(9-14)19(12,15)16/h10-11H,2-9H2,1H3,(H2,12,15,16). The van der Waals surface area contributed by atoms with E-state index in [-0.39, 0.29) is 6.54 Å². The Morgan fingerprint density at radius 1 is 0.950 bits per heavy atom. The molecule has 0 bridgehead atoms. The van der Waals surface area contributed by atoms with Gasteiger partial charge >= 0.3 is 0 Å². The highest BCUT2D eigenvalue weighted by atomic mass is 32.2. The van der Waals surface area contributed by atoms with E-state index >= 15 is 0 Å². The fraction of sp³-hybridized carbons (Fsp3) is 1.00. The lowest BCUT2D eigenvalue weighted by Gasteiger charge is -2.37. The first-order valence-corrected chi connectivity index (χ1v) is 9.98. The molecule has 20 heavy (non-hydrogen) atoms. The van der Waals surface area contributed by atoms with Crippen LogP contribution in [0.2, 0.25) is 0 Å². The smallest absolute Gasteiger partial charge is 0.228 e. The summed E-state index contributed by atoms with van der Waals surface area (Å²) in [7, 11) is -7.25. The minimum Gasteiger partial charge on any atom is -0.228 e. The van der Waals surface area contributed by atoms with E-state index in [4.69, 9.17) is 5.14 Å². The molecule has 0 aromatic carbocycles. The second kappa shape index (κ2) is 5.88. The molecule has 2 atom stereocenters. The molecule has 2 N–H and O–H groups in total. The van der Waals surface area contributed by atoms with Crippen molar-refractivity contribution in [3.63, 3.8) is 0 Å². The maximum atomic E-state index is 12.6. The van der Waals surface area contributed by atoms with Gasteiger partial charge in [-0.15, -0.1) is 0 Å². The fourth-order valence-electron chi connectivity index (χ4n) is 2.90. The lowest BCUT2D eigenvalue weighted by molar-refractivity contribution is 0.248. The largest absolute Gasteiger partial charge is 0.282 e. The average molecular weight is 325 g/mol. The van der Waals surface area contributed by atoms with Gasteiger partial charge in [-0.1, -0.05) is 6.92 Å². The first-order chi connectivity index (χ1) is 9.21. The number of sulfonamides is 1. The van der Waals surface area contributed by atoms with Crippen LogP contribution in [0.4, 0.5) is 0 Å². The van der Waals surface area contributed by atoms with Crippen molar-refractivity contribution in [2.75, 3.05) is 26.2 Å². The maximum Gasteiger partial charge on any atom is 0.282 e. The van der Waals surface area contributed by atoms with Crippen LogP contribution in [-0.4, -0.2) is 56.9 Å². The second-order valence-electron chi connectivity index (χ2n) is 5.82. The Bertz CT molecular complexity index is 546. The SMILES string of the molecule is CC1CCCN(S(=O)(=O)N2CCCC(S(N)(=O)=O)C2)C1. The van der Waals surface area contributed by atoms with Crippen LogP contribution in [0.3, 0.4) is 0 Å². The lowest BCUT2D eigenvalue weighted by Crippen LogP contribution is -2.53. The molecule has 2 saturated heterocycles. The van der Waals surface area contributed by atoms with Gasteiger partial charge in [0.25, 0.3) is 10.2 Å². The summed E-state index contributed by atoms with van der Waals surface area (Å²) < 4.78 is 50.8. The molecule has 0 aromatic rings. The number of nitrogens with zero attached hydrogens (tertiary/aromatic N) is 2. The molecule has 2 rings (SSSR count). The van der Waals surface area contributed by atoms with Crippen molar-refractivity contribution in [2.24, 2.45) is 11.1 Å². The molecule has 7 nitrogen and oxygen atoms in total. The van der Waals surface area contributed by atoms with Crippen molar-refractivity contribution in [1.82, 2.24) is 8.61 Å². The van der Waals surface area contributed by atoms with E-state index in [1.807, 2.05) is 6.92 Å². The molecule has 0 amide bonds. The monoisotopic (exact) mass is 325 g/mol. The molecule has 9 heteroatoms. The van der Waals surface area contributed by atoms with Crippen LogP contribution >= 0.6 is 0 Å². The summed E-state index contributed by atoms with van der Waals surface area (Å²) in [5.74, 6) is 0.345. The number of nitrogens with two attached hydrogens (primary N) is 1. The Morgan fingerprint density at radius 2 is 1.50 bits per heavy atom. The molecule has 0 aliphatic carbocycles. The molecule has 2 aliphatic rings. The van der Waals surface area contributed by atoms with Crippen molar-refractivity contribution in [2.45, 2.75) is 37.9 Å². The van der Waals surface area contributed by atoms with Gasteiger partial charge in [-0.05, 0) is 31.6 Å². The van der Waals surface area contributed by atoms with Gasteiger partial charge in [0.1, 0.15) is 0 Å². The highest BCUT2D eigenvalue weighted by Crippen LogP contribution is 2.24. The molecular weight excluding hydrogens is 302 g/mol. The number of rotatable bonds is 3. The van der Waals surface area contributed by atoms with E-state index in [1.54, 1.807) is 0 Å². The molecular formula is C11H23N3O4S2. The second-order valence-corrected chi connectivity index (χ2v) is 9.60. The van der Waals surface area contributed by atoms with Gasteiger partial charge in [0.2, 0.25) is 10.0 Å². The van der Waals surface area contributed by atoms with E-state index in [2.05, 4.69) is 0 Å². The van der Waals surface area contributed by atoms with Gasteiger partial charge < -0.3 is 0 Å². The number of primary sulfonamides is 1. The van der Waals surface area contributed by atoms with Gasteiger partial charge in [0, 0.05) is 26.2 Å². The van der Waals surface area contributed by atoms with Crippen molar-refractivity contribution in [3.8, 4) is 0 Å². The summed E-state index contributed by atoms with van der Waals surface area (Å²) in [5.41, 5.74) is 0. The number of piperidine rings is 2. The zero-order valence-electron chi connectivity index (χ0n) is 11.7. The van der Waals surface area contributed by atoms with Gasteiger partial charge in [-0.3, -0.25) is 0 Å². The minimum atomic E-state index is -3.69. The number of hydrogen-bond donors (Lipinski definition) is 1. The van der Waals surface area contributed by atoms with Crippen LogP contribution in [-0.2, 0) is 20.2 Å². The third-order valence-corrected chi connectivity index (χ3v) is 7.36. The molecule has 0 aromatic heterocycles. The fourth-order valence-corrected chi connectivity index (χ4v) is 5.74.